The van der Waals surface area contributed by atoms with Gasteiger partial charge in [0.2, 0.25) is 5.88 Å². The molecule has 2 aromatic carbocycles. The van der Waals surface area contributed by atoms with Crippen molar-refractivity contribution in [2.45, 2.75) is 18.6 Å². The molecule has 1 aliphatic rings. The minimum atomic E-state index is -1.20. The first-order chi connectivity index (χ1) is 16.3. The minimum Gasteiger partial charge on any atom is -0.480 e. The monoisotopic (exact) mass is 497 g/mol. The fourth-order valence-electron chi connectivity index (χ4n) is 4.32. The average molecular weight is 498 g/mol. The van der Waals surface area contributed by atoms with E-state index in [4.69, 9.17) is 27.9 Å². The van der Waals surface area contributed by atoms with E-state index in [1.165, 1.54) is 7.11 Å². The summed E-state index contributed by atoms with van der Waals surface area (Å²) >= 11 is 12.3. The van der Waals surface area contributed by atoms with Crippen LogP contribution in [0.5, 0.6) is 5.88 Å². The molecule has 2 atom stereocenters. The van der Waals surface area contributed by atoms with E-state index in [0.717, 1.165) is 11.3 Å². The van der Waals surface area contributed by atoms with Gasteiger partial charge < -0.3 is 14.7 Å². The summed E-state index contributed by atoms with van der Waals surface area (Å²) in [4.78, 5) is 4.42. The van der Waals surface area contributed by atoms with Crippen LogP contribution >= 0.6 is 23.2 Å². The molecular formula is C25H25Cl2N5O2. The van der Waals surface area contributed by atoms with Crippen LogP contribution in [0, 0.1) is 11.3 Å². The number of halogens is 2. The standard InChI is InChI=1S/C25H25Cl2N5O2/c1-25(33,23-9-10-24(34-2)30-29-23)16-31-11-12-32(21-8-7-20(27)13-18(21)14-28)22(15-31)17-3-5-19(26)6-4-17/h3-10,13,22,33H,11-12,15-16H2,1-2H3/t22-,25+/m0/s1. The fraction of sp³-hybridized carbons (Fsp3) is 0.320. The van der Waals surface area contributed by atoms with Crippen LogP contribution in [0.2, 0.25) is 10.0 Å². The summed E-state index contributed by atoms with van der Waals surface area (Å²) in [7, 11) is 1.52. The van der Waals surface area contributed by atoms with Crippen molar-refractivity contribution in [2.75, 3.05) is 38.2 Å². The second-order valence-electron chi connectivity index (χ2n) is 8.50. The summed E-state index contributed by atoms with van der Waals surface area (Å²) in [6.07, 6.45) is 0. The van der Waals surface area contributed by atoms with Gasteiger partial charge in [-0.25, -0.2) is 0 Å². The molecule has 7 nitrogen and oxygen atoms in total. The fourth-order valence-corrected chi connectivity index (χ4v) is 4.62. The molecule has 0 spiro atoms. The minimum absolute atomic E-state index is 0.0583. The van der Waals surface area contributed by atoms with Crippen molar-refractivity contribution in [2.24, 2.45) is 0 Å². The molecule has 1 aliphatic heterocycles. The largest absolute Gasteiger partial charge is 0.480 e. The molecule has 176 valence electrons. The lowest BCUT2D eigenvalue weighted by atomic mass is 9.97. The van der Waals surface area contributed by atoms with Gasteiger partial charge >= 0.3 is 0 Å². The number of β-amino-alcohol motifs (C(OH)–C–C–N with tert-alkyl or cyclic N) is 1. The highest BCUT2D eigenvalue weighted by atomic mass is 35.5. The average Bonchev–Trinajstić information content (AvgIpc) is 2.84. The van der Waals surface area contributed by atoms with Crippen molar-refractivity contribution < 1.29 is 9.84 Å². The number of nitriles is 1. The molecule has 0 radical (unpaired) electrons. The number of benzene rings is 2. The van der Waals surface area contributed by atoms with Gasteiger partial charge in [-0.15, -0.1) is 10.2 Å². The summed E-state index contributed by atoms with van der Waals surface area (Å²) in [5.41, 5.74) is 1.70. The Morgan fingerprint density at radius 1 is 1.09 bits per heavy atom. The number of rotatable bonds is 6. The van der Waals surface area contributed by atoms with Crippen LogP contribution in [0.25, 0.3) is 0 Å². The molecule has 4 rings (SSSR count). The van der Waals surface area contributed by atoms with Crippen LogP contribution in [-0.2, 0) is 5.60 Å². The molecule has 0 saturated carbocycles. The van der Waals surface area contributed by atoms with Crippen molar-refractivity contribution in [1.29, 1.82) is 5.26 Å². The molecule has 1 saturated heterocycles. The van der Waals surface area contributed by atoms with Crippen molar-refractivity contribution >= 4 is 28.9 Å². The number of methoxy groups -OCH3 is 1. The third kappa shape index (κ3) is 5.26. The van der Waals surface area contributed by atoms with Gasteiger partial charge in [0.1, 0.15) is 11.7 Å². The maximum atomic E-state index is 11.2. The third-order valence-electron chi connectivity index (χ3n) is 6.04. The maximum absolute atomic E-state index is 11.2. The van der Waals surface area contributed by atoms with Crippen LogP contribution in [0.4, 0.5) is 5.69 Å². The number of hydrogen-bond acceptors (Lipinski definition) is 7. The number of piperazine rings is 1. The van der Waals surface area contributed by atoms with E-state index >= 15 is 0 Å². The van der Waals surface area contributed by atoms with Crippen molar-refractivity contribution in [3.05, 3.63) is 81.5 Å². The van der Waals surface area contributed by atoms with Crippen LogP contribution in [0.15, 0.2) is 54.6 Å². The number of ether oxygens (including phenoxy) is 1. The zero-order valence-corrected chi connectivity index (χ0v) is 20.5. The Balaban J connectivity index is 1.62. The molecule has 9 heteroatoms. The molecule has 0 aliphatic carbocycles. The maximum Gasteiger partial charge on any atom is 0.233 e. The number of aromatic nitrogens is 2. The predicted octanol–water partition coefficient (Wildman–Crippen LogP) is 4.43. The highest BCUT2D eigenvalue weighted by Gasteiger charge is 2.35. The first kappa shape index (κ1) is 24.2. The smallest absolute Gasteiger partial charge is 0.233 e. The van der Waals surface area contributed by atoms with Gasteiger partial charge in [-0.1, -0.05) is 35.3 Å². The van der Waals surface area contributed by atoms with Crippen LogP contribution in [0.3, 0.4) is 0 Å². The van der Waals surface area contributed by atoms with E-state index in [1.807, 2.05) is 30.3 Å². The quantitative estimate of drug-likeness (QED) is 0.538. The van der Waals surface area contributed by atoms with Gasteiger partial charge in [0.05, 0.1) is 30.1 Å². The Morgan fingerprint density at radius 2 is 1.82 bits per heavy atom. The Hall–Kier alpha value is -2.89. The topological polar surface area (TPSA) is 85.5 Å². The zero-order valence-electron chi connectivity index (χ0n) is 18.9. The summed E-state index contributed by atoms with van der Waals surface area (Å²) < 4.78 is 5.07. The third-order valence-corrected chi connectivity index (χ3v) is 6.53. The zero-order chi connectivity index (χ0) is 24.3. The summed E-state index contributed by atoms with van der Waals surface area (Å²) in [6, 6.07) is 18.7. The molecule has 0 amide bonds. The molecule has 34 heavy (non-hydrogen) atoms. The van der Waals surface area contributed by atoms with Gasteiger partial charge in [0, 0.05) is 42.3 Å². The van der Waals surface area contributed by atoms with E-state index in [2.05, 4.69) is 26.1 Å². The molecular weight excluding hydrogens is 473 g/mol. The second kappa shape index (κ2) is 10.2. The first-order valence-electron chi connectivity index (χ1n) is 10.9. The summed E-state index contributed by atoms with van der Waals surface area (Å²) in [5, 5.41) is 30.3. The first-order valence-corrected chi connectivity index (χ1v) is 11.6. The van der Waals surface area contributed by atoms with E-state index in [0.29, 0.717) is 53.4 Å². The number of nitrogens with zero attached hydrogens (tertiary/aromatic N) is 5. The van der Waals surface area contributed by atoms with E-state index in [-0.39, 0.29) is 6.04 Å². The highest BCUT2D eigenvalue weighted by Crippen LogP contribution is 2.35. The van der Waals surface area contributed by atoms with Crippen molar-refractivity contribution in [3.8, 4) is 11.9 Å². The Morgan fingerprint density at radius 3 is 2.47 bits per heavy atom. The van der Waals surface area contributed by atoms with Crippen molar-refractivity contribution in [1.82, 2.24) is 15.1 Å². The molecule has 1 N–H and O–H groups in total. The Labute approximate surface area is 209 Å². The van der Waals surface area contributed by atoms with Crippen LogP contribution in [0.1, 0.15) is 29.8 Å². The molecule has 0 bridgehead atoms. The Bertz CT molecular complexity index is 1180. The lowest BCUT2D eigenvalue weighted by Crippen LogP contribution is -2.52. The number of aliphatic hydroxyl groups is 1. The number of anilines is 1. The van der Waals surface area contributed by atoms with E-state index < -0.39 is 5.60 Å². The van der Waals surface area contributed by atoms with Crippen molar-refractivity contribution in [3.63, 3.8) is 0 Å². The normalized spacial score (nSPS) is 18.2. The number of hydrogen-bond donors (Lipinski definition) is 1. The highest BCUT2D eigenvalue weighted by molar-refractivity contribution is 6.31. The lowest BCUT2D eigenvalue weighted by molar-refractivity contribution is 0.00595. The van der Waals surface area contributed by atoms with Gasteiger partial charge in [0.15, 0.2) is 0 Å². The van der Waals surface area contributed by atoms with Gasteiger partial charge in [-0.3, -0.25) is 4.90 Å². The Kier molecular flexibility index (Phi) is 7.24. The predicted molar refractivity (Wildman–Crippen MR) is 132 cm³/mol. The SMILES string of the molecule is COc1ccc([C@](C)(O)CN2CCN(c3ccc(Cl)cc3C#N)[C@H](c3ccc(Cl)cc3)C2)nn1. The van der Waals surface area contributed by atoms with E-state index in [1.54, 1.807) is 31.2 Å². The van der Waals surface area contributed by atoms with Gasteiger partial charge in [-0.05, 0) is 48.9 Å². The second-order valence-corrected chi connectivity index (χ2v) is 9.38. The summed E-state index contributed by atoms with van der Waals surface area (Å²) in [5.74, 6) is 0.396. The van der Waals surface area contributed by atoms with E-state index in [9.17, 15) is 10.4 Å². The molecule has 1 fully saturated rings. The lowest BCUT2D eigenvalue weighted by Gasteiger charge is -2.45. The summed E-state index contributed by atoms with van der Waals surface area (Å²) in [6.45, 7) is 4.10. The molecule has 3 aromatic rings. The van der Waals surface area contributed by atoms with Gasteiger partial charge in [0.25, 0.3) is 0 Å². The van der Waals surface area contributed by atoms with Crippen LogP contribution in [-0.4, -0.2) is 53.5 Å². The molecule has 0 unspecified atom stereocenters. The van der Waals surface area contributed by atoms with Crippen LogP contribution < -0.4 is 9.64 Å². The molecule has 1 aromatic heterocycles. The van der Waals surface area contributed by atoms with Gasteiger partial charge in [-0.2, -0.15) is 5.26 Å². The molecule has 2 heterocycles.